The van der Waals surface area contributed by atoms with Crippen molar-refractivity contribution in [2.24, 2.45) is 0 Å². The Morgan fingerprint density at radius 3 is 2.57 bits per heavy atom. The second-order valence-electron chi connectivity index (χ2n) is 6.70. The van der Waals surface area contributed by atoms with Crippen LogP contribution in [0.2, 0.25) is 0 Å². The molecule has 128 valence electrons. The molecule has 2 rings (SSSR count). The number of anilines is 1. The molecule has 1 saturated heterocycles. The minimum Gasteiger partial charge on any atom is -0.478 e. The molecule has 1 aliphatic rings. The molecule has 0 unspecified atom stereocenters. The van der Waals surface area contributed by atoms with Gasteiger partial charge in [0.15, 0.2) is 0 Å². The Balaban J connectivity index is 1.79. The predicted octanol–water partition coefficient (Wildman–Crippen LogP) is 3.29. The van der Waals surface area contributed by atoms with Gasteiger partial charge >= 0.3 is 6.09 Å². The van der Waals surface area contributed by atoms with E-state index in [1.807, 2.05) is 39.8 Å². The Hall–Kier alpha value is -1.98. The van der Waals surface area contributed by atoms with Gasteiger partial charge in [-0.1, -0.05) is 0 Å². The van der Waals surface area contributed by atoms with Crippen LogP contribution in [0.4, 0.5) is 10.5 Å². The van der Waals surface area contributed by atoms with Crippen LogP contribution in [0.5, 0.6) is 5.88 Å². The topological polar surface area (TPSA) is 63.7 Å². The zero-order valence-corrected chi connectivity index (χ0v) is 14.5. The number of hydrogen-bond donors (Lipinski definition) is 1. The van der Waals surface area contributed by atoms with Gasteiger partial charge in [-0.15, -0.1) is 0 Å². The van der Waals surface area contributed by atoms with Crippen molar-refractivity contribution in [3.8, 4) is 5.88 Å². The van der Waals surface area contributed by atoms with Crippen molar-refractivity contribution in [1.82, 2.24) is 9.88 Å². The van der Waals surface area contributed by atoms with Crippen molar-refractivity contribution >= 4 is 11.8 Å². The number of carbonyl (C=O) groups excluding carboxylic acids is 1. The minimum atomic E-state index is -0.444. The van der Waals surface area contributed by atoms with Crippen LogP contribution in [0.3, 0.4) is 0 Å². The second-order valence-corrected chi connectivity index (χ2v) is 6.70. The molecule has 6 heteroatoms. The minimum absolute atomic E-state index is 0.223. The molecule has 0 spiro atoms. The Labute approximate surface area is 138 Å². The number of amides is 1. The molecule has 0 atom stereocenters. The van der Waals surface area contributed by atoms with Crippen LogP contribution < -0.4 is 10.1 Å². The van der Waals surface area contributed by atoms with E-state index in [-0.39, 0.29) is 6.09 Å². The zero-order valence-electron chi connectivity index (χ0n) is 14.5. The summed E-state index contributed by atoms with van der Waals surface area (Å²) in [6.07, 6.45) is 3.35. The van der Waals surface area contributed by atoms with Gasteiger partial charge in [-0.3, -0.25) is 0 Å². The van der Waals surface area contributed by atoms with Crippen LogP contribution in [0.15, 0.2) is 18.3 Å². The van der Waals surface area contributed by atoms with Crippen molar-refractivity contribution < 1.29 is 14.3 Å². The first-order valence-corrected chi connectivity index (χ1v) is 8.20. The largest absolute Gasteiger partial charge is 0.478 e. The lowest BCUT2D eigenvalue weighted by molar-refractivity contribution is 0.0210. The normalized spacial score (nSPS) is 16.1. The first kappa shape index (κ1) is 17.4. The van der Waals surface area contributed by atoms with Gasteiger partial charge in [0, 0.05) is 25.2 Å². The summed E-state index contributed by atoms with van der Waals surface area (Å²) in [4.78, 5) is 18.1. The van der Waals surface area contributed by atoms with Crippen molar-refractivity contribution in [1.29, 1.82) is 0 Å². The van der Waals surface area contributed by atoms with E-state index in [4.69, 9.17) is 9.47 Å². The highest BCUT2D eigenvalue weighted by Crippen LogP contribution is 2.19. The Morgan fingerprint density at radius 1 is 1.35 bits per heavy atom. The average Bonchev–Trinajstić information content (AvgIpc) is 2.48. The fourth-order valence-corrected chi connectivity index (χ4v) is 2.47. The van der Waals surface area contributed by atoms with Crippen molar-refractivity contribution in [2.75, 3.05) is 25.0 Å². The van der Waals surface area contributed by atoms with E-state index in [1.54, 1.807) is 11.1 Å². The van der Waals surface area contributed by atoms with Gasteiger partial charge in [0.05, 0.1) is 18.5 Å². The Bertz CT molecular complexity index is 503. The van der Waals surface area contributed by atoms with Crippen LogP contribution in [-0.2, 0) is 4.74 Å². The Morgan fingerprint density at radius 2 is 2.04 bits per heavy atom. The standard InChI is InChI=1S/C17H27N3O3/c1-5-22-15-7-6-14(12-18-15)19-13-8-10-20(11-9-13)16(21)23-17(2,3)4/h6-7,12-13,19H,5,8-11H2,1-4H3. The molecular formula is C17H27N3O3. The first-order valence-electron chi connectivity index (χ1n) is 8.20. The molecule has 0 radical (unpaired) electrons. The van der Waals surface area contributed by atoms with E-state index in [0.717, 1.165) is 18.5 Å². The average molecular weight is 321 g/mol. The highest BCUT2D eigenvalue weighted by molar-refractivity contribution is 5.68. The lowest BCUT2D eigenvalue weighted by atomic mass is 10.1. The maximum atomic E-state index is 12.0. The molecule has 23 heavy (non-hydrogen) atoms. The molecule has 0 aliphatic carbocycles. The SMILES string of the molecule is CCOc1ccc(NC2CCN(C(=O)OC(C)(C)C)CC2)cn1. The molecule has 1 aromatic rings. The van der Waals surface area contributed by atoms with Crippen LogP contribution in [0.25, 0.3) is 0 Å². The van der Waals surface area contributed by atoms with Crippen LogP contribution in [0.1, 0.15) is 40.5 Å². The summed E-state index contributed by atoms with van der Waals surface area (Å²) in [6.45, 7) is 9.62. The van der Waals surface area contributed by atoms with Crippen LogP contribution in [-0.4, -0.2) is 47.3 Å². The maximum Gasteiger partial charge on any atom is 0.410 e. The fourth-order valence-electron chi connectivity index (χ4n) is 2.47. The number of carbonyl (C=O) groups is 1. The third-order valence-corrected chi connectivity index (χ3v) is 3.55. The van der Waals surface area contributed by atoms with E-state index < -0.39 is 5.60 Å². The molecule has 2 heterocycles. The van der Waals surface area contributed by atoms with E-state index in [2.05, 4.69) is 10.3 Å². The summed E-state index contributed by atoms with van der Waals surface area (Å²) in [5.41, 5.74) is 0.532. The quantitative estimate of drug-likeness (QED) is 0.922. The third-order valence-electron chi connectivity index (χ3n) is 3.55. The number of ether oxygens (including phenoxy) is 2. The van der Waals surface area contributed by atoms with Crippen molar-refractivity contribution in [3.05, 3.63) is 18.3 Å². The van der Waals surface area contributed by atoms with Gasteiger partial charge in [-0.05, 0) is 46.6 Å². The maximum absolute atomic E-state index is 12.0. The smallest absolute Gasteiger partial charge is 0.410 e. The Kier molecular flexibility index (Phi) is 5.69. The van der Waals surface area contributed by atoms with Gasteiger partial charge in [0.2, 0.25) is 5.88 Å². The first-order chi connectivity index (χ1) is 10.9. The van der Waals surface area contributed by atoms with Crippen molar-refractivity contribution in [3.63, 3.8) is 0 Å². The van der Waals surface area contributed by atoms with Gasteiger partial charge in [-0.2, -0.15) is 0 Å². The third kappa shape index (κ3) is 5.62. The summed E-state index contributed by atoms with van der Waals surface area (Å²) in [5.74, 6) is 0.637. The molecule has 1 amide bonds. The molecule has 6 nitrogen and oxygen atoms in total. The lowest BCUT2D eigenvalue weighted by Crippen LogP contribution is -2.44. The van der Waals surface area contributed by atoms with Crippen molar-refractivity contribution in [2.45, 2.75) is 52.2 Å². The number of piperidine rings is 1. The molecular weight excluding hydrogens is 294 g/mol. The summed E-state index contributed by atoms with van der Waals surface area (Å²) in [5, 5.41) is 3.46. The lowest BCUT2D eigenvalue weighted by Gasteiger charge is -2.34. The van der Waals surface area contributed by atoms with E-state index in [1.165, 1.54) is 0 Å². The van der Waals surface area contributed by atoms with Crippen LogP contribution in [0, 0.1) is 0 Å². The highest BCUT2D eigenvalue weighted by atomic mass is 16.6. The van der Waals surface area contributed by atoms with E-state index in [0.29, 0.717) is 31.6 Å². The number of nitrogens with zero attached hydrogens (tertiary/aromatic N) is 2. The molecule has 1 aromatic heterocycles. The molecule has 0 saturated carbocycles. The predicted molar refractivity (Wildman–Crippen MR) is 89.9 cm³/mol. The molecule has 0 aromatic carbocycles. The summed E-state index contributed by atoms with van der Waals surface area (Å²) < 4.78 is 10.7. The molecule has 1 fully saturated rings. The second kappa shape index (κ2) is 7.53. The number of nitrogens with one attached hydrogen (secondary N) is 1. The van der Waals surface area contributed by atoms with Gasteiger partial charge in [0.1, 0.15) is 5.60 Å². The van der Waals surface area contributed by atoms with Gasteiger partial charge in [0.25, 0.3) is 0 Å². The zero-order chi connectivity index (χ0) is 16.9. The number of aromatic nitrogens is 1. The summed E-state index contributed by atoms with van der Waals surface area (Å²) in [7, 11) is 0. The van der Waals surface area contributed by atoms with E-state index >= 15 is 0 Å². The van der Waals surface area contributed by atoms with Gasteiger partial charge in [-0.25, -0.2) is 9.78 Å². The fraction of sp³-hybridized carbons (Fsp3) is 0.647. The van der Waals surface area contributed by atoms with Crippen LogP contribution >= 0.6 is 0 Å². The summed E-state index contributed by atoms with van der Waals surface area (Å²) >= 11 is 0. The number of hydrogen-bond acceptors (Lipinski definition) is 5. The van der Waals surface area contributed by atoms with Gasteiger partial charge < -0.3 is 19.7 Å². The highest BCUT2D eigenvalue weighted by Gasteiger charge is 2.26. The number of likely N-dealkylation sites (tertiary alicyclic amines) is 1. The number of rotatable bonds is 4. The van der Waals surface area contributed by atoms with E-state index in [9.17, 15) is 4.79 Å². The molecule has 1 N–H and O–H groups in total. The summed E-state index contributed by atoms with van der Waals surface area (Å²) in [6, 6.07) is 4.17. The number of pyridine rings is 1. The molecule has 0 bridgehead atoms. The monoisotopic (exact) mass is 321 g/mol. The molecule has 1 aliphatic heterocycles.